The van der Waals surface area contributed by atoms with Gasteiger partial charge in [-0.15, -0.1) is 0 Å². The predicted octanol–water partition coefficient (Wildman–Crippen LogP) is -0.883. The van der Waals surface area contributed by atoms with Crippen molar-refractivity contribution >= 4 is 23.8 Å². The van der Waals surface area contributed by atoms with E-state index in [0.717, 1.165) is 12.8 Å². The molecule has 2 heterocycles. The number of nitrogens with one attached hydrogen (secondary N) is 4. The summed E-state index contributed by atoms with van der Waals surface area (Å²) in [6.45, 7) is 6.73. The first-order valence-corrected chi connectivity index (χ1v) is 10.7. The zero-order valence-electron chi connectivity index (χ0n) is 18.5. The Bertz CT molecular complexity index is 637. The van der Waals surface area contributed by atoms with E-state index in [1.165, 1.54) is 0 Å². The molecular weight excluding hydrogens is 388 g/mol. The summed E-state index contributed by atoms with van der Waals surface area (Å²) in [4.78, 5) is 52.1. The first-order valence-electron chi connectivity index (χ1n) is 10.7. The van der Waals surface area contributed by atoms with Gasteiger partial charge in [-0.2, -0.15) is 0 Å². The van der Waals surface area contributed by atoms with Crippen molar-refractivity contribution in [1.82, 2.24) is 31.1 Å². The molecule has 2 saturated heterocycles. The third-order valence-corrected chi connectivity index (χ3v) is 5.84. The van der Waals surface area contributed by atoms with Crippen molar-refractivity contribution in [3.8, 4) is 0 Å². The topological polar surface area (TPSA) is 123 Å². The number of amides is 5. The van der Waals surface area contributed by atoms with Gasteiger partial charge in [-0.1, -0.05) is 13.8 Å². The van der Waals surface area contributed by atoms with Gasteiger partial charge in [0.15, 0.2) is 0 Å². The SMILES string of the molecule is CNCC(=O)NC(CC(C)C)C(=O)NCC(=O)N1CC2(CCN(C(=O)NC)CC2)C1. The molecule has 0 saturated carbocycles. The number of carbonyl (C=O) groups excluding carboxylic acids is 4. The fraction of sp³-hybridized carbons (Fsp3) is 0.800. The Morgan fingerprint density at radius 3 is 2.13 bits per heavy atom. The van der Waals surface area contributed by atoms with Gasteiger partial charge < -0.3 is 31.1 Å². The smallest absolute Gasteiger partial charge is 0.317 e. The predicted molar refractivity (Wildman–Crippen MR) is 113 cm³/mol. The number of carbonyl (C=O) groups is 4. The van der Waals surface area contributed by atoms with Crippen LogP contribution < -0.4 is 21.3 Å². The molecule has 0 aromatic heterocycles. The van der Waals surface area contributed by atoms with Crippen LogP contribution in [0.15, 0.2) is 0 Å². The summed E-state index contributed by atoms with van der Waals surface area (Å²) in [6.07, 6.45) is 2.26. The molecule has 1 spiro atoms. The molecule has 2 aliphatic rings. The van der Waals surface area contributed by atoms with Crippen LogP contribution in [0.1, 0.15) is 33.1 Å². The summed E-state index contributed by atoms with van der Waals surface area (Å²) in [5, 5.41) is 10.8. The monoisotopic (exact) mass is 424 g/mol. The van der Waals surface area contributed by atoms with Crippen LogP contribution in [0.4, 0.5) is 4.79 Å². The molecule has 2 fully saturated rings. The molecule has 1 atom stereocenters. The molecule has 2 aliphatic heterocycles. The number of likely N-dealkylation sites (tertiary alicyclic amines) is 2. The van der Waals surface area contributed by atoms with Crippen LogP contribution in [0.25, 0.3) is 0 Å². The zero-order valence-corrected chi connectivity index (χ0v) is 18.5. The van der Waals surface area contributed by atoms with Gasteiger partial charge in [0.05, 0.1) is 13.1 Å². The first-order chi connectivity index (χ1) is 14.2. The minimum absolute atomic E-state index is 0.0578. The van der Waals surface area contributed by atoms with E-state index in [2.05, 4.69) is 21.3 Å². The number of urea groups is 1. The Labute approximate surface area is 178 Å². The van der Waals surface area contributed by atoms with E-state index < -0.39 is 6.04 Å². The standard InChI is InChI=1S/C20H36N6O4/c1-14(2)9-15(24-16(27)10-21-3)18(29)23-11-17(28)26-12-20(13-26)5-7-25(8-6-20)19(30)22-4/h14-15,21H,5-13H2,1-4H3,(H,22,30)(H,23,29)(H,24,27). The lowest BCUT2D eigenvalue weighted by Gasteiger charge is -2.53. The van der Waals surface area contributed by atoms with E-state index in [1.54, 1.807) is 23.9 Å². The van der Waals surface area contributed by atoms with Crippen LogP contribution in [0, 0.1) is 11.3 Å². The van der Waals surface area contributed by atoms with Crippen LogP contribution >= 0.6 is 0 Å². The van der Waals surface area contributed by atoms with Crippen LogP contribution in [-0.2, 0) is 14.4 Å². The number of piperidine rings is 1. The average Bonchev–Trinajstić information content (AvgIpc) is 2.68. The molecule has 10 nitrogen and oxygen atoms in total. The Morgan fingerprint density at radius 2 is 1.60 bits per heavy atom. The molecule has 0 aromatic carbocycles. The number of nitrogens with zero attached hydrogens (tertiary/aromatic N) is 2. The van der Waals surface area contributed by atoms with Crippen molar-refractivity contribution < 1.29 is 19.2 Å². The summed E-state index contributed by atoms with van der Waals surface area (Å²) in [6, 6.07) is -0.715. The molecule has 10 heteroatoms. The number of likely N-dealkylation sites (N-methyl/N-ethyl adjacent to an activating group) is 1. The fourth-order valence-electron chi connectivity index (χ4n) is 4.10. The largest absolute Gasteiger partial charge is 0.345 e. The lowest BCUT2D eigenvalue weighted by Crippen LogP contribution is -2.64. The highest BCUT2D eigenvalue weighted by atomic mass is 16.2. The van der Waals surface area contributed by atoms with Crippen molar-refractivity contribution in [2.24, 2.45) is 11.3 Å². The van der Waals surface area contributed by atoms with E-state index in [-0.39, 0.29) is 48.2 Å². The minimum Gasteiger partial charge on any atom is -0.345 e. The molecule has 0 aliphatic carbocycles. The second kappa shape index (κ2) is 10.6. The molecule has 170 valence electrons. The van der Waals surface area contributed by atoms with E-state index in [1.807, 2.05) is 13.8 Å². The molecule has 5 amide bonds. The molecule has 30 heavy (non-hydrogen) atoms. The summed E-state index contributed by atoms with van der Waals surface area (Å²) in [5.74, 6) is -0.483. The fourth-order valence-corrected chi connectivity index (χ4v) is 4.10. The highest BCUT2D eigenvalue weighted by molar-refractivity contribution is 5.91. The van der Waals surface area contributed by atoms with Crippen LogP contribution in [-0.4, -0.2) is 93.0 Å². The van der Waals surface area contributed by atoms with Gasteiger partial charge in [0.2, 0.25) is 17.7 Å². The maximum Gasteiger partial charge on any atom is 0.317 e. The van der Waals surface area contributed by atoms with Crippen LogP contribution in [0.5, 0.6) is 0 Å². The highest BCUT2D eigenvalue weighted by Crippen LogP contribution is 2.40. The minimum atomic E-state index is -0.657. The molecule has 2 rings (SSSR count). The van der Waals surface area contributed by atoms with Gasteiger partial charge in [0.25, 0.3) is 0 Å². The Morgan fingerprint density at radius 1 is 0.967 bits per heavy atom. The quantitative estimate of drug-likeness (QED) is 0.403. The van der Waals surface area contributed by atoms with Gasteiger partial charge in [-0.25, -0.2) is 4.79 Å². The van der Waals surface area contributed by atoms with E-state index in [0.29, 0.717) is 32.6 Å². The lowest BCUT2D eigenvalue weighted by atomic mass is 9.72. The van der Waals surface area contributed by atoms with Gasteiger partial charge in [0, 0.05) is 38.6 Å². The van der Waals surface area contributed by atoms with E-state index in [9.17, 15) is 19.2 Å². The van der Waals surface area contributed by atoms with Crippen molar-refractivity contribution in [3.63, 3.8) is 0 Å². The average molecular weight is 425 g/mol. The van der Waals surface area contributed by atoms with Crippen molar-refractivity contribution in [3.05, 3.63) is 0 Å². The number of hydrogen-bond donors (Lipinski definition) is 4. The number of hydrogen-bond acceptors (Lipinski definition) is 5. The summed E-state index contributed by atoms with van der Waals surface area (Å²) in [7, 11) is 3.29. The Balaban J connectivity index is 1.76. The Kier molecular flexibility index (Phi) is 8.45. The van der Waals surface area contributed by atoms with Gasteiger partial charge in [-0.05, 0) is 32.2 Å². The molecule has 4 N–H and O–H groups in total. The van der Waals surface area contributed by atoms with Crippen molar-refractivity contribution in [2.45, 2.75) is 39.2 Å². The normalized spacial score (nSPS) is 18.6. The number of rotatable bonds is 8. The Hall–Kier alpha value is -2.36. The molecule has 1 unspecified atom stereocenters. The second-order valence-corrected chi connectivity index (χ2v) is 8.79. The van der Waals surface area contributed by atoms with Gasteiger partial charge in [0.1, 0.15) is 6.04 Å². The van der Waals surface area contributed by atoms with Gasteiger partial charge in [-0.3, -0.25) is 14.4 Å². The van der Waals surface area contributed by atoms with Crippen LogP contribution in [0.2, 0.25) is 0 Å². The second-order valence-electron chi connectivity index (χ2n) is 8.79. The van der Waals surface area contributed by atoms with E-state index in [4.69, 9.17) is 0 Å². The summed E-state index contributed by atoms with van der Waals surface area (Å²) in [5.41, 5.74) is 0.0888. The highest BCUT2D eigenvalue weighted by Gasteiger charge is 2.47. The molecule has 0 aromatic rings. The first kappa shape index (κ1) is 23.9. The van der Waals surface area contributed by atoms with Gasteiger partial charge >= 0.3 is 6.03 Å². The third-order valence-electron chi connectivity index (χ3n) is 5.84. The molecular formula is C20H36N6O4. The van der Waals surface area contributed by atoms with E-state index >= 15 is 0 Å². The molecule has 0 bridgehead atoms. The van der Waals surface area contributed by atoms with Crippen molar-refractivity contribution in [1.29, 1.82) is 0 Å². The third kappa shape index (κ3) is 6.32. The summed E-state index contributed by atoms with van der Waals surface area (Å²) >= 11 is 0. The maximum absolute atomic E-state index is 12.5. The maximum atomic E-state index is 12.5. The van der Waals surface area contributed by atoms with Crippen molar-refractivity contribution in [2.75, 3.05) is 53.4 Å². The van der Waals surface area contributed by atoms with Crippen LogP contribution in [0.3, 0.4) is 0 Å². The lowest BCUT2D eigenvalue weighted by molar-refractivity contribution is -0.146. The summed E-state index contributed by atoms with van der Waals surface area (Å²) < 4.78 is 0. The molecule has 0 radical (unpaired) electrons. The zero-order chi connectivity index (χ0) is 22.3.